The van der Waals surface area contributed by atoms with Gasteiger partial charge in [-0.05, 0) is 53.1 Å². The Hall–Kier alpha value is -3.02. The van der Waals surface area contributed by atoms with Crippen LogP contribution in [0.3, 0.4) is 0 Å². The van der Waals surface area contributed by atoms with E-state index in [0.717, 1.165) is 23.4 Å². The van der Waals surface area contributed by atoms with Crippen LogP contribution in [0.5, 0.6) is 0 Å². The number of anilines is 1. The number of thiophene rings is 2. The van der Waals surface area contributed by atoms with Gasteiger partial charge >= 0.3 is 6.18 Å². The Kier molecular flexibility index (Phi) is 5.77. The van der Waals surface area contributed by atoms with Crippen LogP contribution in [0.1, 0.15) is 26.9 Å². The summed E-state index contributed by atoms with van der Waals surface area (Å²) in [5.74, 6) is -0.393. The van der Waals surface area contributed by atoms with Crippen molar-refractivity contribution >= 4 is 34.3 Å². The van der Waals surface area contributed by atoms with Crippen LogP contribution >= 0.6 is 22.7 Å². The third-order valence-corrected chi connectivity index (χ3v) is 7.41. The Labute approximate surface area is 195 Å². The molecule has 0 radical (unpaired) electrons. The van der Waals surface area contributed by atoms with Crippen LogP contribution in [0.15, 0.2) is 59.8 Å². The van der Waals surface area contributed by atoms with E-state index >= 15 is 0 Å². The summed E-state index contributed by atoms with van der Waals surface area (Å²) >= 11 is 3.33. The predicted octanol–water partition coefficient (Wildman–Crippen LogP) is 5.00. The summed E-state index contributed by atoms with van der Waals surface area (Å²) < 4.78 is 41.3. The number of carbonyl (C=O) groups is 1. The summed E-state index contributed by atoms with van der Waals surface area (Å²) in [7, 11) is 0. The molecule has 0 aliphatic carbocycles. The first-order valence-electron chi connectivity index (χ1n) is 10.1. The maximum Gasteiger partial charge on any atom is 0.416 e. The first kappa shape index (κ1) is 21.8. The van der Waals surface area contributed by atoms with Crippen molar-refractivity contribution in [3.8, 4) is 5.69 Å². The maximum atomic E-state index is 13.3. The minimum atomic E-state index is -4.53. The Balaban J connectivity index is 1.42. The number of alkyl halides is 3. The van der Waals surface area contributed by atoms with E-state index in [2.05, 4.69) is 31.7 Å². The topological polar surface area (TPSA) is 63.1 Å². The number of aromatic nitrogens is 3. The molecule has 170 valence electrons. The standard InChI is InChI=1S/C22H18F3N5OS2/c23-22(24,25)14-3-4-17(30-13-26-12-27-30)16(10-14)28-20(31)11-29-7-5-18-15(6-9-33-18)21(29)19-2-1-8-32-19/h1-4,6,8-10,12-13,21H,5,7,11H2,(H,28,31). The summed E-state index contributed by atoms with van der Waals surface area (Å²) in [5.41, 5.74) is 0.673. The van der Waals surface area contributed by atoms with E-state index in [4.69, 9.17) is 0 Å². The van der Waals surface area contributed by atoms with E-state index in [9.17, 15) is 18.0 Å². The monoisotopic (exact) mass is 489 g/mol. The Bertz CT molecular complexity index is 1250. The molecule has 5 rings (SSSR count). The molecule has 1 atom stereocenters. The molecule has 1 amide bonds. The molecule has 0 fully saturated rings. The van der Waals surface area contributed by atoms with Crippen molar-refractivity contribution in [2.75, 3.05) is 18.4 Å². The zero-order valence-corrected chi connectivity index (χ0v) is 18.8. The molecule has 0 saturated heterocycles. The zero-order valence-electron chi connectivity index (χ0n) is 17.1. The molecule has 3 aromatic heterocycles. The van der Waals surface area contributed by atoms with Crippen molar-refractivity contribution < 1.29 is 18.0 Å². The fourth-order valence-corrected chi connectivity index (χ4v) is 5.82. The van der Waals surface area contributed by atoms with Gasteiger partial charge in [0.15, 0.2) is 0 Å². The fraction of sp³-hybridized carbons (Fsp3) is 0.227. The number of amides is 1. The summed E-state index contributed by atoms with van der Waals surface area (Å²) in [6.07, 6.45) is -1.06. The van der Waals surface area contributed by atoms with Crippen LogP contribution in [0.2, 0.25) is 0 Å². The molecule has 1 aromatic carbocycles. The van der Waals surface area contributed by atoms with Crippen LogP contribution in [0, 0.1) is 0 Å². The second-order valence-corrected chi connectivity index (χ2v) is 9.54. The molecule has 4 aromatic rings. The number of hydrogen-bond acceptors (Lipinski definition) is 6. The molecule has 6 nitrogen and oxygen atoms in total. The van der Waals surface area contributed by atoms with E-state index in [-0.39, 0.29) is 18.3 Å². The molecule has 0 spiro atoms. The van der Waals surface area contributed by atoms with Gasteiger partial charge in [-0.25, -0.2) is 9.67 Å². The summed E-state index contributed by atoms with van der Waals surface area (Å²) in [6.45, 7) is 0.729. The first-order chi connectivity index (χ1) is 15.9. The van der Waals surface area contributed by atoms with E-state index in [1.807, 2.05) is 17.5 Å². The van der Waals surface area contributed by atoms with Crippen LogP contribution < -0.4 is 5.32 Å². The first-order valence-corrected chi connectivity index (χ1v) is 11.9. The molecule has 1 aliphatic rings. The van der Waals surface area contributed by atoms with Crippen molar-refractivity contribution in [2.45, 2.75) is 18.6 Å². The number of benzene rings is 1. The normalized spacial score (nSPS) is 16.5. The van der Waals surface area contributed by atoms with Gasteiger partial charge in [-0.3, -0.25) is 9.69 Å². The fourth-order valence-electron chi connectivity index (χ4n) is 4.04. The predicted molar refractivity (Wildman–Crippen MR) is 121 cm³/mol. The average molecular weight is 490 g/mol. The molecule has 1 unspecified atom stereocenters. The second kappa shape index (κ2) is 8.73. The smallest absolute Gasteiger partial charge is 0.323 e. The number of nitrogens with zero attached hydrogens (tertiary/aromatic N) is 4. The van der Waals surface area contributed by atoms with Gasteiger partial charge in [0.25, 0.3) is 0 Å². The van der Waals surface area contributed by atoms with Gasteiger partial charge in [0.2, 0.25) is 5.91 Å². The van der Waals surface area contributed by atoms with Gasteiger partial charge in [0.1, 0.15) is 12.7 Å². The van der Waals surface area contributed by atoms with Crippen molar-refractivity contribution in [1.82, 2.24) is 19.7 Å². The van der Waals surface area contributed by atoms with Gasteiger partial charge in [0.05, 0.1) is 29.5 Å². The number of hydrogen-bond donors (Lipinski definition) is 1. The highest BCUT2D eigenvalue weighted by atomic mass is 32.1. The maximum absolute atomic E-state index is 13.3. The van der Waals surface area contributed by atoms with Crippen LogP contribution in [0.4, 0.5) is 18.9 Å². The average Bonchev–Trinajstić information content (AvgIpc) is 3.54. The molecule has 11 heteroatoms. The largest absolute Gasteiger partial charge is 0.416 e. The van der Waals surface area contributed by atoms with Crippen LogP contribution in [0.25, 0.3) is 5.69 Å². The molecule has 4 heterocycles. The number of fused-ring (bicyclic) bond motifs is 1. The third kappa shape index (κ3) is 4.43. The lowest BCUT2D eigenvalue weighted by Crippen LogP contribution is -2.40. The Morgan fingerprint density at radius 3 is 2.79 bits per heavy atom. The highest BCUT2D eigenvalue weighted by molar-refractivity contribution is 7.10. The quantitative estimate of drug-likeness (QED) is 0.429. The highest BCUT2D eigenvalue weighted by Crippen LogP contribution is 2.39. The lowest BCUT2D eigenvalue weighted by molar-refractivity contribution is -0.137. The van der Waals surface area contributed by atoms with Crippen molar-refractivity contribution in [1.29, 1.82) is 0 Å². The molecule has 1 N–H and O–H groups in total. The van der Waals surface area contributed by atoms with E-state index in [1.54, 1.807) is 22.7 Å². The second-order valence-electron chi connectivity index (χ2n) is 7.56. The van der Waals surface area contributed by atoms with Gasteiger partial charge in [0, 0.05) is 16.3 Å². The van der Waals surface area contributed by atoms with Crippen molar-refractivity contribution in [2.24, 2.45) is 0 Å². The molecular formula is C22H18F3N5OS2. The number of halogens is 3. The third-order valence-electron chi connectivity index (χ3n) is 5.49. The summed E-state index contributed by atoms with van der Waals surface area (Å²) in [5, 5.41) is 10.7. The SMILES string of the molecule is O=C(CN1CCc2sccc2C1c1cccs1)Nc1cc(C(F)(F)F)ccc1-n1cncn1. The molecule has 0 saturated carbocycles. The van der Waals surface area contributed by atoms with Crippen LogP contribution in [-0.2, 0) is 17.4 Å². The van der Waals surface area contributed by atoms with Gasteiger partial charge in [-0.2, -0.15) is 18.3 Å². The lowest BCUT2D eigenvalue weighted by Gasteiger charge is -2.34. The summed E-state index contributed by atoms with van der Waals surface area (Å²) in [4.78, 5) is 21.4. The highest BCUT2D eigenvalue weighted by Gasteiger charge is 2.33. The minimum Gasteiger partial charge on any atom is -0.323 e. The van der Waals surface area contributed by atoms with Crippen molar-refractivity contribution in [3.05, 3.63) is 80.7 Å². The van der Waals surface area contributed by atoms with Gasteiger partial charge in [-0.1, -0.05) is 6.07 Å². The Morgan fingerprint density at radius 2 is 2.06 bits per heavy atom. The minimum absolute atomic E-state index is 0.0289. The molecular weight excluding hydrogens is 471 g/mol. The lowest BCUT2D eigenvalue weighted by atomic mass is 9.98. The molecule has 0 bridgehead atoms. The summed E-state index contributed by atoms with van der Waals surface area (Å²) in [6, 6.07) is 9.22. The van der Waals surface area contributed by atoms with Crippen LogP contribution in [-0.4, -0.2) is 38.7 Å². The number of rotatable bonds is 5. The molecule has 33 heavy (non-hydrogen) atoms. The number of nitrogens with one attached hydrogen (secondary N) is 1. The van der Waals surface area contributed by atoms with Crippen molar-refractivity contribution in [3.63, 3.8) is 0 Å². The van der Waals surface area contributed by atoms with E-state index in [0.29, 0.717) is 12.2 Å². The molecule has 1 aliphatic heterocycles. The Morgan fingerprint density at radius 1 is 1.18 bits per heavy atom. The zero-order chi connectivity index (χ0) is 23.0. The number of carbonyl (C=O) groups excluding carboxylic acids is 1. The van der Waals surface area contributed by atoms with E-state index < -0.39 is 17.6 Å². The van der Waals surface area contributed by atoms with Gasteiger partial charge < -0.3 is 5.32 Å². The van der Waals surface area contributed by atoms with Gasteiger partial charge in [-0.15, -0.1) is 22.7 Å². The van der Waals surface area contributed by atoms with E-state index in [1.165, 1.54) is 33.8 Å².